The van der Waals surface area contributed by atoms with Crippen molar-refractivity contribution < 1.29 is 4.74 Å². The molecule has 0 aliphatic rings. The summed E-state index contributed by atoms with van der Waals surface area (Å²) in [5.41, 5.74) is 7.00. The third-order valence-corrected chi connectivity index (χ3v) is 3.51. The van der Waals surface area contributed by atoms with Gasteiger partial charge in [-0.2, -0.15) is 0 Å². The number of hydrogen-bond donors (Lipinski definition) is 1. The fourth-order valence-electron chi connectivity index (χ4n) is 2.41. The Balaban J connectivity index is 2.01. The first-order chi connectivity index (χ1) is 9.86. The molecule has 2 aromatic rings. The molecule has 0 spiro atoms. The van der Waals surface area contributed by atoms with Crippen molar-refractivity contribution in [1.29, 1.82) is 0 Å². The molecule has 106 valence electrons. The van der Waals surface area contributed by atoms with Gasteiger partial charge in [-0.05, 0) is 42.5 Å². The number of benzene rings is 2. The van der Waals surface area contributed by atoms with Crippen molar-refractivity contribution in [3.63, 3.8) is 0 Å². The predicted molar refractivity (Wildman–Crippen MR) is 86.0 cm³/mol. The van der Waals surface area contributed by atoms with E-state index in [9.17, 15) is 0 Å². The molecule has 2 heteroatoms. The van der Waals surface area contributed by atoms with Gasteiger partial charge in [-0.1, -0.05) is 36.4 Å². The number of unbranched alkanes of at least 4 members (excludes halogenated alkanes) is 3. The van der Waals surface area contributed by atoms with Gasteiger partial charge in [0.1, 0.15) is 5.75 Å². The van der Waals surface area contributed by atoms with Crippen molar-refractivity contribution in [2.45, 2.75) is 32.2 Å². The Labute approximate surface area is 121 Å². The molecule has 0 atom stereocenters. The van der Waals surface area contributed by atoms with Gasteiger partial charge < -0.3 is 10.5 Å². The smallest absolute Gasteiger partial charge is 0.124 e. The van der Waals surface area contributed by atoms with E-state index in [1.165, 1.54) is 23.6 Å². The highest BCUT2D eigenvalue weighted by Gasteiger charge is 2.06. The molecular weight excluding hydrogens is 246 g/mol. The largest absolute Gasteiger partial charge is 0.493 e. The Morgan fingerprint density at radius 1 is 1.05 bits per heavy atom. The maximum Gasteiger partial charge on any atom is 0.124 e. The summed E-state index contributed by atoms with van der Waals surface area (Å²) in [7, 11) is 0. The van der Waals surface area contributed by atoms with E-state index in [0.29, 0.717) is 6.54 Å². The van der Waals surface area contributed by atoms with Gasteiger partial charge in [-0.3, -0.25) is 0 Å². The number of nitrogens with two attached hydrogens (primary N) is 1. The number of allylic oxidation sites excluding steroid dienone is 1. The summed E-state index contributed by atoms with van der Waals surface area (Å²) in [5.74, 6) is 0.926. The molecule has 0 saturated carbocycles. The zero-order chi connectivity index (χ0) is 14.2. The van der Waals surface area contributed by atoms with Crippen LogP contribution >= 0.6 is 0 Å². The van der Waals surface area contributed by atoms with Crippen LogP contribution in [0.3, 0.4) is 0 Å². The van der Waals surface area contributed by atoms with Crippen LogP contribution in [-0.4, -0.2) is 6.61 Å². The molecule has 2 nitrogen and oxygen atoms in total. The van der Waals surface area contributed by atoms with E-state index in [0.717, 1.165) is 30.8 Å². The Hall–Kier alpha value is -1.80. The van der Waals surface area contributed by atoms with E-state index in [4.69, 9.17) is 10.5 Å². The van der Waals surface area contributed by atoms with Gasteiger partial charge in [-0.15, -0.1) is 6.58 Å². The summed E-state index contributed by atoms with van der Waals surface area (Å²) >= 11 is 0. The maximum absolute atomic E-state index is 5.91. The van der Waals surface area contributed by atoms with Crippen LogP contribution in [0.15, 0.2) is 49.1 Å². The number of fused-ring (bicyclic) bond motifs is 1. The van der Waals surface area contributed by atoms with Crippen LogP contribution in [0.5, 0.6) is 5.75 Å². The first kappa shape index (κ1) is 14.6. The average molecular weight is 269 g/mol. The normalized spacial score (nSPS) is 10.7. The molecular formula is C18H23NO. The molecule has 0 radical (unpaired) electrons. The lowest BCUT2D eigenvalue weighted by molar-refractivity contribution is 0.303. The van der Waals surface area contributed by atoms with E-state index in [1.54, 1.807) is 0 Å². The SMILES string of the molecule is C=CCCCCCOc1ccc2ccccc2c1CN. The highest BCUT2D eigenvalue weighted by Crippen LogP contribution is 2.27. The summed E-state index contributed by atoms with van der Waals surface area (Å²) in [6.07, 6.45) is 6.50. The molecule has 0 aromatic heterocycles. The summed E-state index contributed by atoms with van der Waals surface area (Å²) in [6.45, 7) is 4.99. The lowest BCUT2D eigenvalue weighted by Crippen LogP contribution is -2.04. The second-order valence-electron chi connectivity index (χ2n) is 4.95. The quantitative estimate of drug-likeness (QED) is 0.568. The summed E-state index contributed by atoms with van der Waals surface area (Å²) in [4.78, 5) is 0. The van der Waals surface area contributed by atoms with Gasteiger partial charge in [0.05, 0.1) is 6.61 Å². The van der Waals surface area contributed by atoms with Crippen molar-refractivity contribution in [2.75, 3.05) is 6.61 Å². The molecule has 0 heterocycles. The summed E-state index contributed by atoms with van der Waals surface area (Å²) in [6, 6.07) is 12.4. The second kappa shape index (κ2) is 7.71. The highest BCUT2D eigenvalue weighted by molar-refractivity contribution is 5.87. The fraction of sp³-hybridized carbons (Fsp3) is 0.333. The molecule has 2 aromatic carbocycles. The fourth-order valence-corrected chi connectivity index (χ4v) is 2.41. The third-order valence-electron chi connectivity index (χ3n) is 3.51. The molecule has 20 heavy (non-hydrogen) atoms. The van der Waals surface area contributed by atoms with Crippen LogP contribution in [0, 0.1) is 0 Å². The van der Waals surface area contributed by atoms with Crippen molar-refractivity contribution in [2.24, 2.45) is 5.73 Å². The molecule has 0 bridgehead atoms. The van der Waals surface area contributed by atoms with E-state index in [2.05, 4.69) is 24.8 Å². The van der Waals surface area contributed by atoms with Crippen molar-refractivity contribution >= 4 is 10.8 Å². The summed E-state index contributed by atoms with van der Waals surface area (Å²) in [5, 5.41) is 2.41. The molecule has 0 saturated heterocycles. The molecule has 0 amide bonds. The van der Waals surface area contributed by atoms with Gasteiger partial charge in [0, 0.05) is 12.1 Å². The standard InChI is InChI=1S/C18H23NO/c1-2-3-4-5-8-13-20-18-12-11-15-9-6-7-10-16(15)17(18)14-19/h2,6-7,9-12H,1,3-5,8,13-14,19H2. The minimum Gasteiger partial charge on any atom is -0.493 e. The minimum atomic E-state index is 0.507. The van der Waals surface area contributed by atoms with E-state index in [1.807, 2.05) is 24.3 Å². The van der Waals surface area contributed by atoms with Crippen LogP contribution in [0.25, 0.3) is 10.8 Å². The topological polar surface area (TPSA) is 35.2 Å². The van der Waals surface area contributed by atoms with Crippen LogP contribution in [0.4, 0.5) is 0 Å². The molecule has 0 aliphatic heterocycles. The van der Waals surface area contributed by atoms with Crippen molar-refractivity contribution in [3.05, 3.63) is 54.6 Å². The number of hydrogen-bond acceptors (Lipinski definition) is 2. The molecule has 0 aliphatic carbocycles. The van der Waals surface area contributed by atoms with Gasteiger partial charge in [-0.25, -0.2) is 0 Å². The molecule has 0 fully saturated rings. The van der Waals surface area contributed by atoms with Crippen molar-refractivity contribution in [1.82, 2.24) is 0 Å². The Morgan fingerprint density at radius 3 is 2.70 bits per heavy atom. The van der Waals surface area contributed by atoms with Gasteiger partial charge in [0.2, 0.25) is 0 Å². The van der Waals surface area contributed by atoms with Crippen molar-refractivity contribution in [3.8, 4) is 5.75 Å². The first-order valence-electron chi connectivity index (χ1n) is 7.31. The maximum atomic E-state index is 5.91. The minimum absolute atomic E-state index is 0.507. The number of rotatable bonds is 8. The Kier molecular flexibility index (Phi) is 5.63. The lowest BCUT2D eigenvalue weighted by Gasteiger charge is -2.13. The van der Waals surface area contributed by atoms with Crippen LogP contribution < -0.4 is 10.5 Å². The Bertz CT molecular complexity index is 562. The predicted octanol–water partition coefficient (Wildman–Crippen LogP) is 4.42. The highest BCUT2D eigenvalue weighted by atomic mass is 16.5. The van der Waals surface area contributed by atoms with Gasteiger partial charge in [0.25, 0.3) is 0 Å². The Morgan fingerprint density at radius 2 is 1.90 bits per heavy atom. The van der Waals surface area contributed by atoms with Gasteiger partial charge >= 0.3 is 0 Å². The lowest BCUT2D eigenvalue weighted by atomic mass is 10.0. The molecule has 2 N–H and O–H groups in total. The molecule has 2 rings (SSSR count). The van der Waals surface area contributed by atoms with Crippen LogP contribution in [0.2, 0.25) is 0 Å². The summed E-state index contributed by atoms with van der Waals surface area (Å²) < 4.78 is 5.91. The van der Waals surface area contributed by atoms with Gasteiger partial charge in [0.15, 0.2) is 0 Å². The monoisotopic (exact) mass is 269 g/mol. The average Bonchev–Trinajstić information content (AvgIpc) is 2.50. The second-order valence-corrected chi connectivity index (χ2v) is 4.95. The zero-order valence-electron chi connectivity index (χ0n) is 12.0. The number of ether oxygens (including phenoxy) is 1. The third kappa shape index (κ3) is 3.61. The van der Waals surface area contributed by atoms with E-state index >= 15 is 0 Å². The van der Waals surface area contributed by atoms with Crippen LogP contribution in [-0.2, 0) is 6.54 Å². The van der Waals surface area contributed by atoms with E-state index in [-0.39, 0.29) is 0 Å². The van der Waals surface area contributed by atoms with Crippen LogP contribution in [0.1, 0.15) is 31.2 Å². The first-order valence-corrected chi connectivity index (χ1v) is 7.31. The molecule has 0 unspecified atom stereocenters. The van der Waals surface area contributed by atoms with E-state index < -0.39 is 0 Å². The zero-order valence-corrected chi connectivity index (χ0v) is 12.0.